The van der Waals surface area contributed by atoms with E-state index in [1.807, 2.05) is 0 Å². The number of carbonyl (C=O) groups is 5. The summed E-state index contributed by atoms with van der Waals surface area (Å²) < 4.78 is 5.97. The van der Waals surface area contributed by atoms with Crippen LogP contribution in [0.25, 0.3) is 0 Å². The van der Waals surface area contributed by atoms with E-state index in [9.17, 15) is 29.1 Å². The second-order valence-electron chi connectivity index (χ2n) is 6.30. The number of carbonyl (C=O) groups excluding carboxylic acids is 4. The van der Waals surface area contributed by atoms with E-state index in [0.717, 1.165) is 28.3 Å². The molecule has 0 radical (unpaired) electrons. The molecule has 2 atom stereocenters. The second kappa shape index (κ2) is 7.62. The van der Waals surface area contributed by atoms with Crippen LogP contribution in [0.5, 0.6) is 0 Å². The molecule has 1 aromatic rings. The topological polar surface area (TPSA) is 174 Å². The van der Waals surface area contributed by atoms with Gasteiger partial charge in [-0.15, -0.1) is 16.9 Å². The average molecular weight is 424 g/mol. The van der Waals surface area contributed by atoms with E-state index in [4.69, 9.17) is 4.74 Å². The number of ketones is 1. The molecule has 2 aliphatic heterocycles. The molecule has 0 aliphatic carbocycles. The van der Waals surface area contributed by atoms with Gasteiger partial charge in [0.1, 0.15) is 30.5 Å². The number of fused-ring (bicyclic) bond motifs is 1. The highest BCUT2D eigenvalue weighted by atomic mass is 32.2. The lowest BCUT2D eigenvalue weighted by Gasteiger charge is -2.55. The van der Waals surface area contributed by atoms with E-state index in [2.05, 4.69) is 20.8 Å². The smallest absolute Gasteiger partial charge is 0.352 e. The molecule has 1 saturated heterocycles. The number of aliphatic carboxylic acids is 1. The molecule has 0 unspecified atom stereocenters. The zero-order valence-corrected chi connectivity index (χ0v) is 16.1. The summed E-state index contributed by atoms with van der Waals surface area (Å²) in [4.78, 5) is 61.4. The molecular weight excluding hydrogens is 408 g/mol. The summed E-state index contributed by atoms with van der Waals surface area (Å²) in [6.45, 7) is 1.70. The SMILES string of the molecule is CC(=O)OCC1=C(C(=O)O)N2C(=O)[C@@](NC(=O)Cn3cnnn3)(C(C)=O)[C@H]2SC1. The van der Waals surface area contributed by atoms with Crippen LogP contribution in [0.4, 0.5) is 0 Å². The Morgan fingerprint density at radius 2 is 2.10 bits per heavy atom. The Morgan fingerprint density at radius 1 is 1.38 bits per heavy atom. The summed E-state index contributed by atoms with van der Waals surface area (Å²) in [5.74, 6) is -4.09. The molecule has 13 nitrogen and oxygen atoms in total. The van der Waals surface area contributed by atoms with E-state index < -0.39 is 40.4 Å². The lowest BCUT2D eigenvalue weighted by molar-refractivity contribution is -0.164. The van der Waals surface area contributed by atoms with Gasteiger partial charge in [-0.05, 0) is 17.4 Å². The van der Waals surface area contributed by atoms with Gasteiger partial charge in [-0.1, -0.05) is 0 Å². The highest BCUT2D eigenvalue weighted by Crippen LogP contribution is 2.46. The molecule has 29 heavy (non-hydrogen) atoms. The molecule has 1 fully saturated rings. The quantitative estimate of drug-likeness (QED) is 0.280. The zero-order valence-electron chi connectivity index (χ0n) is 15.3. The number of rotatable bonds is 7. The Morgan fingerprint density at radius 3 is 2.66 bits per heavy atom. The fourth-order valence-electron chi connectivity index (χ4n) is 3.11. The normalized spacial score (nSPS) is 23.2. The molecule has 0 bridgehead atoms. The molecule has 3 heterocycles. The Balaban J connectivity index is 1.87. The number of β-lactam (4-membered cyclic amide) rings is 1. The number of amides is 2. The number of esters is 1. The number of Topliss-reactive ketones (excluding diaryl/α,β-unsaturated/α-hetero) is 1. The minimum Gasteiger partial charge on any atom is -0.477 e. The third-order valence-corrected chi connectivity index (χ3v) is 5.79. The number of thioether (sulfide) groups is 1. The average Bonchev–Trinajstić information content (AvgIpc) is 3.15. The van der Waals surface area contributed by atoms with E-state index in [1.165, 1.54) is 13.3 Å². The first-order chi connectivity index (χ1) is 13.7. The summed E-state index contributed by atoms with van der Waals surface area (Å²) in [5.41, 5.74) is -2.03. The van der Waals surface area contributed by atoms with E-state index >= 15 is 0 Å². The number of nitrogens with zero attached hydrogens (tertiary/aromatic N) is 5. The summed E-state index contributed by atoms with van der Waals surface area (Å²) in [6, 6.07) is 0. The molecule has 14 heteroatoms. The summed E-state index contributed by atoms with van der Waals surface area (Å²) in [5, 5.41) is 21.4. The van der Waals surface area contributed by atoms with Gasteiger partial charge in [0.2, 0.25) is 11.4 Å². The van der Waals surface area contributed by atoms with E-state index in [-0.39, 0.29) is 30.2 Å². The first-order valence-corrected chi connectivity index (χ1v) is 9.30. The van der Waals surface area contributed by atoms with Crippen molar-refractivity contribution in [2.24, 2.45) is 0 Å². The van der Waals surface area contributed by atoms with Crippen molar-refractivity contribution in [2.45, 2.75) is 31.3 Å². The minimum absolute atomic E-state index is 0.0985. The number of hydrogen-bond donors (Lipinski definition) is 2. The van der Waals surface area contributed by atoms with Crippen molar-refractivity contribution >= 4 is 41.3 Å². The van der Waals surface area contributed by atoms with Gasteiger partial charge < -0.3 is 15.2 Å². The molecule has 154 valence electrons. The van der Waals surface area contributed by atoms with Crippen LogP contribution in [0, 0.1) is 0 Å². The number of nitrogens with one attached hydrogen (secondary N) is 1. The number of aromatic nitrogens is 4. The predicted octanol–water partition coefficient (Wildman–Crippen LogP) is -2.07. The van der Waals surface area contributed by atoms with E-state index in [0.29, 0.717) is 0 Å². The van der Waals surface area contributed by atoms with Gasteiger partial charge >= 0.3 is 11.9 Å². The maximum Gasteiger partial charge on any atom is 0.352 e. The van der Waals surface area contributed by atoms with Crippen molar-refractivity contribution in [3.8, 4) is 0 Å². The zero-order chi connectivity index (χ0) is 21.3. The largest absolute Gasteiger partial charge is 0.477 e. The summed E-state index contributed by atoms with van der Waals surface area (Å²) in [7, 11) is 0. The third-order valence-electron chi connectivity index (χ3n) is 4.39. The Kier molecular flexibility index (Phi) is 5.37. The Labute approximate surface area is 167 Å². The van der Waals surface area contributed by atoms with Gasteiger partial charge in [-0.2, -0.15) is 0 Å². The minimum atomic E-state index is -1.90. The van der Waals surface area contributed by atoms with Gasteiger partial charge in [0, 0.05) is 18.2 Å². The van der Waals surface area contributed by atoms with Crippen LogP contribution in [0.3, 0.4) is 0 Å². The van der Waals surface area contributed by atoms with Gasteiger partial charge in [-0.3, -0.25) is 24.1 Å². The highest BCUT2D eigenvalue weighted by molar-refractivity contribution is 8.00. The standard InChI is InChI=1S/C15H16N6O7S/c1-7(22)15(17-10(24)3-20-6-16-18-19-20)13(27)21-11(12(25)26)9(4-28-8(2)23)5-29-14(15)21/h6,14H,3-5H2,1-2H3,(H,17,24)(H,25,26)/t14-,15+/m1/s1. The van der Waals surface area contributed by atoms with Crippen LogP contribution in [0.2, 0.25) is 0 Å². The van der Waals surface area contributed by atoms with Crippen molar-refractivity contribution in [3.05, 3.63) is 17.6 Å². The maximum absolute atomic E-state index is 12.9. The molecule has 3 rings (SSSR count). The van der Waals surface area contributed by atoms with Gasteiger partial charge in [0.25, 0.3) is 5.91 Å². The van der Waals surface area contributed by atoms with Crippen molar-refractivity contribution in [3.63, 3.8) is 0 Å². The number of tetrazole rings is 1. The number of carboxylic acids is 1. The van der Waals surface area contributed by atoms with Crippen LogP contribution in [0.1, 0.15) is 13.8 Å². The van der Waals surface area contributed by atoms with Gasteiger partial charge in [0.05, 0.1) is 0 Å². The van der Waals surface area contributed by atoms with Crippen LogP contribution >= 0.6 is 11.8 Å². The first kappa shape index (κ1) is 20.4. The number of carboxylic acid groups (broad SMARTS) is 1. The van der Waals surface area contributed by atoms with Crippen LogP contribution in [-0.2, 0) is 35.3 Å². The molecule has 2 amide bonds. The van der Waals surface area contributed by atoms with E-state index in [1.54, 1.807) is 0 Å². The third kappa shape index (κ3) is 3.46. The molecule has 2 aliphatic rings. The van der Waals surface area contributed by atoms with Crippen LogP contribution in [0.15, 0.2) is 17.6 Å². The van der Waals surface area contributed by atoms with Crippen molar-refractivity contribution in [2.75, 3.05) is 12.4 Å². The monoisotopic (exact) mass is 424 g/mol. The van der Waals surface area contributed by atoms with Crippen molar-refractivity contribution in [1.82, 2.24) is 30.4 Å². The summed E-state index contributed by atoms with van der Waals surface area (Å²) >= 11 is 1.09. The summed E-state index contributed by atoms with van der Waals surface area (Å²) in [6.07, 6.45) is 1.19. The Bertz CT molecular complexity index is 930. The molecule has 0 spiro atoms. The molecule has 0 aromatic carbocycles. The number of ether oxygens (including phenoxy) is 1. The maximum atomic E-state index is 12.9. The molecule has 0 saturated carbocycles. The fraction of sp³-hybridized carbons (Fsp3) is 0.467. The number of hydrogen-bond acceptors (Lipinski definition) is 10. The van der Waals surface area contributed by atoms with Gasteiger partial charge in [-0.25, -0.2) is 9.48 Å². The Hall–Kier alpha value is -3.29. The highest BCUT2D eigenvalue weighted by Gasteiger charge is 2.68. The van der Waals surface area contributed by atoms with Crippen molar-refractivity contribution in [1.29, 1.82) is 0 Å². The lowest BCUT2D eigenvalue weighted by atomic mass is 9.82. The fourth-order valence-corrected chi connectivity index (χ4v) is 4.61. The van der Waals surface area contributed by atoms with Crippen LogP contribution < -0.4 is 5.32 Å². The molecular formula is C15H16N6O7S. The van der Waals surface area contributed by atoms with Crippen LogP contribution in [-0.4, -0.2) is 83.0 Å². The van der Waals surface area contributed by atoms with Gasteiger partial charge in [0.15, 0.2) is 5.78 Å². The molecule has 2 N–H and O–H groups in total. The first-order valence-electron chi connectivity index (χ1n) is 8.25. The lowest BCUT2D eigenvalue weighted by Crippen LogP contribution is -2.82. The second-order valence-corrected chi connectivity index (χ2v) is 7.36. The predicted molar refractivity (Wildman–Crippen MR) is 93.8 cm³/mol. The van der Waals surface area contributed by atoms with Crippen molar-refractivity contribution < 1.29 is 33.8 Å². The molecule has 1 aromatic heterocycles.